The number of nitrogens with zero attached hydrogens (tertiary/aromatic N) is 1. The standard InChI is InChI=1S/C15H15BrN2O/c1-18(14-8-17-9-14)15(19)12-3-2-11-7-13(16)5-4-10(11)6-12/h2-7,14,17H,8-9H2,1H3. The highest BCUT2D eigenvalue weighted by Crippen LogP contribution is 2.22. The van der Waals surface area contributed by atoms with E-state index >= 15 is 0 Å². The minimum Gasteiger partial charge on any atom is -0.336 e. The number of hydrogen-bond acceptors (Lipinski definition) is 2. The molecule has 0 aliphatic carbocycles. The highest BCUT2D eigenvalue weighted by Gasteiger charge is 2.25. The van der Waals surface area contributed by atoms with E-state index in [4.69, 9.17) is 0 Å². The lowest BCUT2D eigenvalue weighted by Gasteiger charge is -2.35. The predicted molar refractivity (Wildman–Crippen MR) is 80.4 cm³/mol. The number of likely N-dealkylation sites (N-methyl/N-ethyl adjacent to an activating group) is 1. The van der Waals surface area contributed by atoms with E-state index in [0.29, 0.717) is 6.04 Å². The van der Waals surface area contributed by atoms with Gasteiger partial charge in [-0.3, -0.25) is 4.79 Å². The Hall–Kier alpha value is -1.39. The third-order valence-electron chi connectivity index (χ3n) is 3.68. The monoisotopic (exact) mass is 318 g/mol. The molecule has 19 heavy (non-hydrogen) atoms. The first-order valence-electron chi connectivity index (χ1n) is 6.32. The van der Waals surface area contributed by atoms with Gasteiger partial charge in [-0.25, -0.2) is 0 Å². The fourth-order valence-electron chi connectivity index (χ4n) is 2.27. The lowest BCUT2D eigenvalue weighted by Crippen LogP contribution is -2.57. The van der Waals surface area contributed by atoms with E-state index in [0.717, 1.165) is 33.9 Å². The van der Waals surface area contributed by atoms with Crippen molar-refractivity contribution in [2.24, 2.45) is 0 Å². The van der Waals surface area contributed by atoms with E-state index in [1.54, 1.807) is 0 Å². The molecule has 1 fully saturated rings. The number of fused-ring (bicyclic) bond motifs is 1. The van der Waals surface area contributed by atoms with E-state index in [-0.39, 0.29) is 5.91 Å². The van der Waals surface area contributed by atoms with Crippen molar-refractivity contribution in [1.29, 1.82) is 0 Å². The minimum atomic E-state index is 0.0938. The maximum absolute atomic E-state index is 12.4. The lowest BCUT2D eigenvalue weighted by molar-refractivity contribution is 0.0681. The van der Waals surface area contributed by atoms with Crippen molar-refractivity contribution in [2.75, 3.05) is 20.1 Å². The molecule has 2 aromatic carbocycles. The Morgan fingerprint density at radius 3 is 2.58 bits per heavy atom. The molecule has 0 atom stereocenters. The van der Waals surface area contributed by atoms with Crippen molar-refractivity contribution < 1.29 is 4.79 Å². The van der Waals surface area contributed by atoms with Gasteiger partial charge in [0, 0.05) is 30.2 Å². The predicted octanol–water partition coefficient (Wildman–Crippen LogP) is 2.65. The number of halogens is 1. The highest BCUT2D eigenvalue weighted by molar-refractivity contribution is 9.10. The van der Waals surface area contributed by atoms with Crippen LogP contribution in [0.4, 0.5) is 0 Å². The molecule has 3 nitrogen and oxygen atoms in total. The van der Waals surface area contributed by atoms with Crippen molar-refractivity contribution >= 4 is 32.6 Å². The highest BCUT2D eigenvalue weighted by atomic mass is 79.9. The normalized spacial score (nSPS) is 15.3. The molecule has 1 aliphatic heterocycles. The molecule has 1 amide bonds. The first-order chi connectivity index (χ1) is 9.15. The second-order valence-electron chi connectivity index (χ2n) is 4.93. The summed E-state index contributed by atoms with van der Waals surface area (Å²) in [4.78, 5) is 14.2. The molecule has 0 spiro atoms. The van der Waals surface area contributed by atoms with Gasteiger partial charge in [0.1, 0.15) is 0 Å². The maximum atomic E-state index is 12.4. The van der Waals surface area contributed by atoms with Gasteiger partial charge in [0.2, 0.25) is 0 Å². The molecule has 1 N–H and O–H groups in total. The number of nitrogens with one attached hydrogen (secondary N) is 1. The van der Waals surface area contributed by atoms with Crippen molar-refractivity contribution in [1.82, 2.24) is 10.2 Å². The van der Waals surface area contributed by atoms with Gasteiger partial charge in [-0.1, -0.05) is 28.1 Å². The molecular formula is C15H15BrN2O. The zero-order valence-corrected chi connectivity index (χ0v) is 12.3. The number of carbonyl (C=O) groups excluding carboxylic acids is 1. The zero-order valence-electron chi connectivity index (χ0n) is 10.7. The molecule has 0 radical (unpaired) electrons. The number of hydrogen-bond donors (Lipinski definition) is 1. The summed E-state index contributed by atoms with van der Waals surface area (Å²) in [6, 6.07) is 12.3. The summed E-state index contributed by atoms with van der Waals surface area (Å²) >= 11 is 3.46. The quantitative estimate of drug-likeness (QED) is 0.923. The summed E-state index contributed by atoms with van der Waals surface area (Å²) in [5, 5.41) is 5.41. The van der Waals surface area contributed by atoms with Gasteiger partial charge >= 0.3 is 0 Å². The summed E-state index contributed by atoms with van der Waals surface area (Å²) < 4.78 is 1.05. The Balaban J connectivity index is 1.92. The van der Waals surface area contributed by atoms with Gasteiger partial charge in [-0.15, -0.1) is 0 Å². The second-order valence-corrected chi connectivity index (χ2v) is 5.85. The van der Waals surface area contributed by atoms with Crippen LogP contribution in [0.1, 0.15) is 10.4 Å². The maximum Gasteiger partial charge on any atom is 0.253 e. The van der Waals surface area contributed by atoms with E-state index in [1.165, 1.54) is 0 Å². The molecule has 0 unspecified atom stereocenters. The fourth-order valence-corrected chi connectivity index (χ4v) is 2.65. The number of rotatable bonds is 2. The van der Waals surface area contributed by atoms with Crippen LogP contribution in [-0.2, 0) is 0 Å². The van der Waals surface area contributed by atoms with Gasteiger partial charge in [-0.05, 0) is 35.0 Å². The molecular weight excluding hydrogens is 304 g/mol. The Kier molecular flexibility index (Phi) is 3.29. The van der Waals surface area contributed by atoms with Crippen LogP contribution in [-0.4, -0.2) is 37.0 Å². The fraction of sp³-hybridized carbons (Fsp3) is 0.267. The first kappa shape index (κ1) is 12.6. The molecule has 1 heterocycles. The van der Waals surface area contributed by atoms with Crippen LogP contribution in [0.3, 0.4) is 0 Å². The number of amides is 1. The number of carbonyl (C=O) groups is 1. The summed E-state index contributed by atoms with van der Waals surface area (Å²) in [6.45, 7) is 1.78. The lowest BCUT2D eigenvalue weighted by atomic mass is 10.0. The molecule has 98 valence electrons. The zero-order chi connectivity index (χ0) is 13.4. The Labute approximate surface area is 120 Å². The first-order valence-corrected chi connectivity index (χ1v) is 7.11. The largest absolute Gasteiger partial charge is 0.336 e. The smallest absolute Gasteiger partial charge is 0.253 e. The Morgan fingerprint density at radius 2 is 1.89 bits per heavy atom. The van der Waals surface area contributed by atoms with Crippen molar-refractivity contribution in [3.05, 3.63) is 46.4 Å². The third-order valence-corrected chi connectivity index (χ3v) is 4.17. The summed E-state index contributed by atoms with van der Waals surface area (Å²) in [6.07, 6.45) is 0. The summed E-state index contributed by atoms with van der Waals surface area (Å²) in [5.41, 5.74) is 0.754. The van der Waals surface area contributed by atoms with Gasteiger partial charge in [0.05, 0.1) is 6.04 Å². The molecule has 0 aromatic heterocycles. The molecule has 0 saturated carbocycles. The van der Waals surface area contributed by atoms with Gasteiger partial charge in [0.25, 0.3) is 5.91 Å². The van der Waals surface area contributed by atoms with Crippen LogP contribution in [0.25, 0.3) is 10.8 Å². The van der Waals surface area contributed by atoms with Gasteiger partial charge in [-0.2, -0.15) is 0 Å². The van der Waals surface area contributed by atoms with Crippen LogP contribution in [0.2, 0.25) is 0 Å². The van der Waals surface area contributed by atoms with Crippen LogP contribution in [0.15, 0.2) is 40.9 Å². The molecule has 4 heteroatoms. The Morgan fingerprint density at radius 1 is 1.21 bits per heavy atom. The van der Waals surface area contributed by atoms with Crippen molar-refractivity contribution in [3.8, 4) is 0 Å². The van der Waals surface area contributed by atoms with E-state index < -0.39 is 0 Å². The topological polar surface area (TPSA) is 32.3 Å². The molecule has 1 saturated heterocycles. The van der Waals surface area contributed by atoms with Crippen LogP contribution in [0.5, 0.6) is 0 Å². The van der Waals surface area contributed by atoms with Crippen molar-refractivity contribution in [3.63, 3.8) is 0 Å². The molecule has 2 aromatic rings. The van der Waals surface area contributed by atoms with E-state index in [2.05, 4.69) is 27.3 Å². The second kappa shape index (κ2) is 4.94. The third kappa shape index (κ3) is 2.38. The van der Waals surface area contributed by atoms with Crippen molar-refractivity contribution in [2.45, 2.75) is 6.04 Å². The summed E-state index contributed by atoms with van der Waals surface area (Å²) in [7, 11) is 1.87. The molecule has 0 bridgehead atoms. The molecule has 3 rings (SSSR count). The minimum absolute atomic E-state index is 0.0938. The molecule has 1 aliphatic rings. The average molecular weight is 319 g/mol. The van der Waals surface area contributed by atoms with Crippen LogP contribution in [0, 0.1) is 0 Å². The van der Waals surface area contributed by atoms with Gasteiger partial charge < -0.3 is 10.2 Å². The van der Waals surface area contributed by atoms with Crippen LogP contribution >= 0.6 is 15.9 Å². The Bertz CT molecular complexity index is 637. The van der Waals surface area contributed by atoms with Crippen LogP contribution < -0.4 is 5.32 Å². The average Bonchev–Trinajstić information content (AvgIpc) is 2.35. The summed E-state index contributed by atoms with van der Waals surface area (Å²) in [5.74, 6) is 0.0938. The van der Waals surface area contributed by atoms with E-state index in [1.807, 2.05) is 42.3 Å². The van der Waals surface area contributed by atoms with E-state index in [9.17, 15) is 4.79 Å². The van der Waals surface area contributed by atoms with Gasteiger partial charge in [0.15, 0.2) is 0 Å². The SMILES string of the molecule is CN(C(=O)c1ccc2cc(Br)ccc2c1)C1CNC1. The number of benzene rings is 2.